The predicted molar refractivity (Wildman–Crippen MR) is 84.6 cm³/mol. The van der Waals surface area contributed by atoms with Crippen molar-refractivity contribution in [3.05, 3.63) is 66.4 Å². The Labute approximate surface area is 149 Å². The lowest BCUT2D eigenvalue weighted by Crippen LogP contribution is -2.16. The highest BCUT2D eigenvalue weighted by Gasteiger charge is 2.31. The van der Waals surface area contributed by atoms with E-state index in [9.17, 15) is 26.3 Å². The zero-order valence-electron chi connectivity index (χ0n) is 13.3. The van der Waals surface area contributed by atoms with Gasteiger partial charge < -0.3 is 4.74 Å². The Morgan fingerprint density at radius 1 is 0.704 bits per heavy atom. The van der Waals surface area contributed by atoms with Crippen LogP contribution in [0.5, 0.6) is 5.75 Å². The van der Waals surface area contributed by atoms with Gasteiger partial charge in [-0.25, -0.2) is 0 Å². The van der Waals surface area contributed by atoms with Gasteiger partial charge >= 0.3 is 12.5 Å². The van der Waals surface area contributed by atoms with Gasteiger partial charge in [-0.05, 0) is 48.0 Å². The summed E-state index contributed by atoms with van der Waals surface area (Å²) < 4.78 is 78.7. The van der Waals surface area contributed by atoms with Crippen molar-refractivity contribution in [1.82, 2.24) is 10.2 Å². The van der Waals surface area contributed by atoms with E-state index in [1.54, 1.807) is 6.07 Å². The van der Waals surface area contributed by atoms with Crippen molar-refractivity contribution in [2.75, 3.05) is 0 Å². The first kappa shape index (κ1) is 18.7. The van der Waals surface area contributed by atoms with Crippen LogP contribution in [0.1, 0.15) is 5.56 Å². The highest BCUT2D eigenvalue weighted by atomic mass is 19.4. The molecule has 0 radical (unpaired) electrons. The summed E-state index contributed by atoms with van der Waals surface area (Å²) in [7, 11) is 0. The van der Waals surface area contributed by atoms with Crippen molar-refractivity contribution in [3.8, 4) is 28.1 Å². The Hall–Kier alpha value is -3.10. The van der Waals surface area contributed by atoms with Gasteiger partial charge in [0.2, 0.25) is 0 Å². The fourth-order valence-corrected chi connectivity index (χ4v) is 2.43. The summed E-state index contributed by atoms with van der Waals surface area (Å²) >= 11 is 0. The molecule has 1 aromatic heterocycles. The van der Waals surface area contributed by atoms with E-state index in [0.717, 1.165) is 24.3 Å². The van der Waals surface area contributed by atoms with Crippen molar-refractivity contribution >= 4 is 0 Å². The number of hydrogen-bond acceptors (Lipinski definition) is 3. The second kappa shape index (κ2) is 6.90. The van der Waals surface area contributed by atoms with Crippen LogP contribution in [0.2, 0.25) is 0 Å². The normalized spacial score (nSPS) is 12.1. The van der Waals surface area contributed by atoms with E-state index in [1.807, 2.05) is 0 Å². The Kier molecular flexibility index (Phi) is 4.77. The van der Waals surface area contributed by atoms with E-state index in [0.29, 0.717) is 22.4 Å². The predicted octanol–water partition coefficient (Wildman–Crippen LogP) is 5.73. The van der Waals surface area contributed by atoms with Gasteiger partial charge in [0, 0.05) is 11.1 Å². The first-order valence-corrected chi connectivity index (χ1v) is 7.49. The van der Waals surface area contributed by atoms with Crippen LogP contribution >= 0.6 is 0 Å². The lowest BCUT2D eigenvalue weighted by molar-refractivity contribution is -0.274. The molecular formula is C18H10F6N2O. The number of hydrogen-bond donors (Lipinski definition) is 0. The molecule has 140 valence electrons. The van der Waals surface area contributed by atoms with Crippen molar-refractivity contribution in [2.24, 2.45) is 0 Å². The van der Waals surface area contributed by atoms with E-state index >= 15 is 0 Å². The maximum Gasteiger partial charge on any atom is 0.573 e. The van der Waals surface area contributed by atoms with Gasteiger partial charge in [-0.1, -0.05) is 12.1 Å². The first-order chi connectivity index (χ1) is 12.6. The topological polar surface area (TPSA) is 35.0 Å². The van der Waals surface area contributed by atoms with E-state index in [4.69, 9.17) is 0 Å². The van der Waals surface area contributed by atoms with Crippen LogP contribution < -0.4 is 4.74 Å². The van der Waals surface area contributed by atoms with E-state index in [-0.39, 0.29) is 0 Å². The standard InChI is InChI=1S/C18H10F6N2O/c19-17(20,21)13-5-1-11(2-6-13)15-9-10-25-26-16(15)12-3-7-14(8-4-12)27-18(22,23)24/h1-10H. The van der Waals surface area contributed by atoms with Crippen LogP contribution in [0.4, 0.5) is 26.3 Å². The Bertz CT molecular complexity index is 918. The average Bonchev–Trinajstić information content (AvgIpc) is 2.60. The van der Waals surface area contributed by atoms with Crippen molar-refractivity contribution in [3.63, 3.8) is 0 Å². The molecule has 0 saturated heterocycles. The molecule has 0 fully saturated rings. The monoisotopic (exact) mass is 384 g/mol. The number of alkyl halides is 6. The maximum absolute atomic E-state index is 12.7. The third-order valence-electron chi connectivity index (χ3n) is 3.61. The molecule has 0 bridgehead atoms. The zero-order chi connectivity index (χ0) is 19.7. The molecule has 2 aromatic carbocycles. The van der Waals surface area contributed by atoms with Crippen LogP contribution in [0.25, 0.3) is 22.4 Å². The van der Waals surface area contributed by atoms with Gasteiger partial charge in [0.25, 0.3) is 0 Å². The molecule has 3 aromatic rings. The summed E-state index contributed by atoms with van der Waals surface area (Å²) in [5, 5.41) is 7.71. The molecule has 27 heavy (non-hydrogen) atoms. The largest absolute Gasteiger partial charge is 0.573 e. The number of benzene rings is 2. The lowest BCUT2D eigenvalue weighted by atomic mass is 9.99. The number of halogens is 6. The van der Waals surface area contributed by atoms with Crippen LogP contribution in [0.3, 0.4) is 0 Å². The highest BCUT2D eigenvalue weighted by Crippen LogP contribution is 2.34. The second-order valence-electron chi connectivity index (χ2n) is 5.44. The number of rotatable bonds is 3. The van der Waals surface area contributed by atoms with Gasteiger partial charge in [0.15, 0.2) is 0 Å². The molecule has 0 unspecified atom stereocenters. The molecular weight excluding hydrogens is 374 g/mol. The van der Waals surface area contributed by atoms with E-state index in [2.05, 4.69) is 14.9 Å². The quantitative estimate of drug-likeness (QED) is 0.541. The minimum absolute atomic E-state index is 0.316. The minimum Gasteiger partial charge on any atom is -0.406 e. The van der Waals surface area contributed by atoms with Crippen LogP contribution in [-0.4, -0.2) is 16.6 Å². The molecule has 0 spiro atoms. The molecule has 0 atom stereocenters. The fraction of sp³-hybridized carbons (Fsp3) is 0.111. The number of nitrogens with zero attached hydrogens (tertiary/aromatic N) is 2. The fourth-order valence-electron chi connectivity index (χ4n) is 2.43. The summed E-state index contributed by atoms with van der Waals surface area (Å²) in [4.78, 5) is 0. The number of aromatic nitrogens is 2. The first-order valence-electron chi connectivity index (χ1n) is 7.49. The lowest BCUT2D eigenvalue weighted by Gasteiger charge is -2.12. The van der Waals surface area contributed by atoms with Crippen molar-refractivity contribution < 1.29 is 31.1 Å². The zero-order valence-corrected chi connectivity index (χ0v) is 13.3. The van der Waals surface area contributed by atoms with Crippen LogP contribution in [0.15, 0.2) is 60.8 Å². The van der Waals surface area contributed by atoms with Crippen molar-refractivity contribution in [1.29, 1.82) is 0 Å². The molecule has 0 amide bonds. The Morgan fingerprint density at radius 2 is 1.30 bits per heavy atom. The summed E-state index contributed by atoms with van der Waals surface area (Å²) in [6, 6.07) is 11.0. The molecule has 3 nitrogen and oxygen atoms in total. The van der Waals surface area contributed by atoms with E-state index in [1.165, 1.54) is 30.5 Å². The van der Waals surface area contributed by atoms with Crippen LogP contribution in [0, 0.1) is 0 Å². The smallest absolute Gasteiger partial charge is 0.406 e. The third kappa shape index (κ3) is 4.55. The maximum atomic E-state index is 12.7. The number of ether oxygens (including phenoxy) is 1. The summed E-state index contributed by atoms with van der Waals surface area (Å²) in [6.45, 7) is 0. The molecule has 0 aliphatic carbocycles. The second-order valence-corrected chi connectivity index (χ2v) is 5.44. The van der Waals surface area contributed by atoms with Gasteiger partial charge in [-0.2, -0.15) is 18.3 Å². The molecule has 0 N–H and O–H groups in total. The summed E-state index contributed by atoms with van der Waals surface area (Å²) in [6.07, 6.45) is -7.89. The molecule has 0 saturated carbocycles. The SMILES string of the molecule is FC(F)(F)Oc1ccc(-c2nnccc2-c2ccc(C(F)(F)F)cc2)cc1. The molecule has 0 aliphatic rings. The molecule has 0 aliphatic heterocycles. The highest BCUT2D eigenvalue weighted by molar-refractivity contribution is 5.80. The Morgan fingerprint density at radius 3 is 1.85 bits per heavy atom. The summed E-state index contributed by atoms with van der Waals surface area (Å²) in [5.74, 6) is -0.397. The van der Waals surface area contributed by atoms with Crippen LogP contribution in [-0.2, 0) is 6.18 Å². The van der Waals surface area contributed by atoms with Gasteiger partial charge in [-0.3, -0.25) is 0 Å². The third-order valence-corrected chi connectivity index (χ3v) is 3.61. The Balaban J connectivity index is 1.95. The van der Waals surface area contributed by atoms with Gasteiger partial charge in [0.05, 0.1) is 11.8 Å². The molecule has 1 heterocycles. The molecule has 3 rings (SSSR count). The molecule has 9 heteroatoms. The van der Waals surface area contributed by atoms with Gasteiger partial charge in [-0.15, -0.1) is 18.3 Å². The minimum atomic E-state index is -4.81. The van der Waals surface area contributed by atoms with Crippen molar-refractivity contribution in [2.45, 2.75) is 12.5 Å². The van der Waals surface area contributed by atoms with E-state index < -0.39 is 23.9 Å². The van der Waals surface area contributed by atoms with Gasteiger partial charge in [0.1, 0.15) is 11.4 Å². The summed E-state index contributed by atoms with van der Waals surface area (Å²) in [5.41, 5.74) is 0.915. The average molecular weight is 384 g/mol.